The van der Waals surface area contributed by atoms with E-state index in [4.69, 9.17) is 5.73 Å². The fourth-order valence-corrected chi connectivity index (χ4v) is 1.49. The van der Waals surface area contributed by atoms with E-state index in [2.05, 4.69) is 17.6 Å². The van der Waals surface area contributed by atoms with Gasteiger partial charge in [0.25, 0.3) is 0 Å². The van der Waals surface area contributed by atoms with Gasteiger partial charge in [0.05, 0.1) is 6.04 Å². The SMILES string of the molecule is CC1CCNC1C(=O)NCCN. The van der Waals surface area contributed by atoms with Crippen LogP contribution in [0.3, 0.4) is 0 Å². The fourth-order valence-electron chi connectivity index (χ4n) is 1.49. The predicted molar refractivity (Wildman–Crippen MR) is 47.6 cm³/mol. The summed E-state index contributed by atoms with van der Waals surface area (Å²) in [4.78, 5) is 11.4. The quantitative estimate of drug-likeness (QED) is 0.513. The maximum absolute atomic E-state index is 11.4. The molecule has 0 spiro atoms. The second kappa shape index (κ2) is 4.42. The lowest BCUT2D eigenvalue weighted by atomic mass is 10.0. The summed E-state index contributed by atoms with van der Waals surface area (Å²) in [6.45, 7) is 4.12. The molecule has 0 bridgehead atoms. The highest BCUT2D eigenvalue weighted by molar-refractivity contribution is 5.82. The van der Waals surface area contributed by atoms with Crippen molar-refractivity contribution in [2.75, 3.05) is 19.6 Å². The van der Waals surface area contributed by atoms with Crippen LogP contribution in [0.1, 0.15) is 13.3 Å². The highest BCUT2D eigenvalue weighted by Gasteiger charge is 2.28. The average molecular weight is 171 g/mol. The molecule has 0 radical (unpaired) electrons. The Balaban J connectivity index is 2.30. The first-order valence-corrected chi connectivity index (χ1v) is 4.47. The van der Waals surface area contributed by atoms with E-state index in [0.717, 1.165) is 13.0 Å². The van der Waals surface area contributed by atoms with Gasteiger partial charge in [0.1, 0.15) is 0 Å². The van der Waals surface area contributed by atoms with Crippen LogP contribution in [0.25, 0.3) is 0 Å². The van der Waals surface area contributed by atoms with E-state index >= 15 is 0 Å². The molecular weight excluding hydrogens is 154 g/mol. The van der Waals surface area contributed by atoms with Crippen LogP contribution < -0.4 is 16.4 Å². The van der Waals surface area contributed by atoms with Gasteiger partial charge < -0.3 is 16.4 Å². The Morgan fingerprint density at radius 3 is 3.00 bits per heavy atom. The minimum atomic E-state index is -0.00319. The van der Waals surface area contributed by atoms with Crippen molar-refractivity contribution in [2.24, 2.45) is 11.7 Å². The molecule has 1 aliphatic heterocycles. The first-order chi connectivity index (χ1) is 5.75. The number of hydrogen-bond donors (Lipinski definition) is 3. The molecule has 1 heterocycles. The molecule has 1 amide bonds. The van der Waals surface area contributed by atoms with Crippen molar-refractivity contribution in [3.05, 3.63) is 0 Å². The molecule has 2 unspecified atom stereocenters. The van der Waals surface area contributed by atoms with Crippen LogP contribution in [-0.2, 0) is 4.79 Å². The van der Waals surface area contributed by atoms with Gasteiger partial charge in [-0.05, 0) is 18.9 Å². The molecule has 4 nitrogen and oxygen atoms in total. The number of hydrogen-bond acceptors (Lipinski definition) is 3. The molecule has 70 valence electrons. The summed E-state index contributed by atoms with van der Waals surface area (Å²) in [7, 11) is 0. The molecule has 1 rings (SSSR count). The maximum atomic E-state index is 11.4. The number of carbonyl (C=O) groups is 1. The summed E-state index contributed by atoms with van der Waals surface area (Å²) in [5.74, 6) is 0.535. The summed E-state index contributed by atoms with van der Waals surface area (Å²) in [5, 5.41) is 5.94. The van der Waals surface area contributed by atoms with Crippen LogP contribution >= 0.6 is 0 Å². The van der Waals surface area contributed by atoms with Crippen LogP contribution in [0.4, 0.5) is 0 Å². The normalized spacial score (nSPS) is 28.8. The highest BCUT2D eigenvalue weighted by Crippen LogP contribution is 2.13. The second-order valence-corrected chi connectivity index (χ2v) is 3.28. The maximum Gasteiger partial charge on any atom is 0.237 e. The van der Waals surface area contributed by atoms with E-state index in [9.17, 15) is 4.79 Å². The molecule has 12 heavy (non-hydrogen) atoms. The molecule has 0 aromatic heterocycles. The first-order valence-electron chi connectivity index (χ1n) is 4.47. The highest BCUT2D eigenvalue weighted by atomic mass is 16.2. The third kappa shape index (κ3) is 2.19. The predicted octanol–water partition coefficient (Wildman–Crippen LogP) is -0.941. The number of carbonyl (C=O) groups excluding carboxylic acids is 1. The van der Waals surface area contributed by atoms with E-state index in [0.29, 0.717) is 19.0 Å². The van der Waals surface area contributed by atoms with E-state index in [1.807, 2.05) is 0 Å². The summed E-state index contributed by atoms with van der Waals surface area (Å²) >= 11 is 0. The van der Waals surface area contributed by atoms with Gasteiger partial charge >= 0.3 is 0 Å². The second-order valence-electron chi connectivity index (χ2n) is 3.28. The number of nitrogens with one attached hydrogen (secondary N) is 2. The minimum absolute atomic E-state index is 0.00319. The molecule has 0 aromatic rings. The number of rotatable bonds is 3. The molecule has 1 aliphatic rings. The van der Waals surface area contributed by atoms with Gasteiger partial charge in [-0.2, -0.15) is 0 Å². The zero-order valence-corrected chi connectivity index (χ0v) is 7.47. The van der Waals surface area contributed by atoms with Gasteiger partial charge in [-0.15, -0.1) is 0 Å². The lowest BCUT2D eigenvalue weighted by molar-refractivity contribution is -0.123. The Bertz CT molecular complexity index is 160. The topological polar surface area (TPSA) is 67.2 Å². The van der Waals surface area contributed by atoms with Crippen LogP contribution in [-0.4, -0.2) is 31.6 Å². The molecule has 2 atom stereocenters. The Morgan fingerprint density at radius 2 is 2.50 bits per heavy atom. The number of amides is 1. The first kappa shape index (κ1) is 9.48. The van der Waals surface area contributed by atoms with Gasteiger partial charge in [-0.3, -0.25) is 4.79 Å². The Labute approximate surface area is 72.9 Å². The lowest BCUT2D eigenvalue weighted by Crippen LogP contribution is -2.44. The van der Waals surface area contributed by atoms with Gasteiger partial charge in [-0.25, -0.2) is 0 Å². The standard InChI is InChI=1S/C8H17N3O/c1-6-2-4-10-7(6)8(12)11-5-3-9/h6-7,10H,2-5,9H2,1H3,(H,11,12). The van der Waals surface area contributed by atoms with Gasteiger partial charge in [0, 0.05) is 13.1 Å². The molecular formula is C8H17N3O. The third-order valence-electron chi connectivity index (χ3n) is 2.26. The largest absolute Gasteiger partial charge is 0.353 e. The zero-order chi connectivity index (χ0) is 8.97. The summed E-state index contributed by atoms with van der Waals surface area (Å²) in [5.41, 5.74) is 5.28. The van der Waals surface area contributed by atoms with Crippen molar-refractivity contribution < 1.29 is 4.79 Å². The molecule has 1 fully saturated rings. The monoisotopic (exact) mass is 171 g/mol. The van der Waals surface area contributed by atoms with E-state index in [1.165, 1.54) is 0 Å². The zero-order valence-electron chi connectivity index (χ0n) is 7.47. The Morgan fingerprint density at radius 1 is 1.75 bits per heavy atom. The molecule has 0 aromatic carbocycles. The van der Waals surface area contributed by atoms with E-state index in [1.54, 1.807) is 0 Å². The third-order valence-corrected chi connectivity index (χ3v) is 2.26. The Kier molecular flexibility index (Phi) is 3.49. The van der Waals surface area contributed by atoms with E-state index in [-0.39, 0.29) is 11.9 Å². The molecule has 4 N–H and O–H groups in total. The molecule has 0 aliphatic carbocycles. The Hall–Kier alpha value is -0.610. The summed E-state index contributed by atoms with van der Waals surface area (Å²) in [6, 6.07) is -0.00319. The summed E-state index contributed by atoms with van der Waals surface area (Å²) < 4.78 is 0. The van der Waals surface area contributed by atoms with E-state index < -0.39 is 0 Å². The van der Waals surface area contributed by atoms with Crippen molar-refractivity contribution in [2.45, 2.75) is 19.4 Å². The smallest absolute Gasteiger partial charge is 0.237 e. The lowest BCUT2D eigenvalue weighted by Gasteiger charge is -2.14. The van der Waals surface area contributed by atoms with Crippen LogP contribution in [0.5, 0.6) is 0 Å². The molecule has 0 saturated carbocycles. The fraction of sp³-hybridized carbons (Fsp3) is 0.875. The van der Waals surface area contributed by atoms with Crippen molar-refractivity contribution in [1.29, 1.82) is 0 Å². The van der Waals surface area contributed by atoms with Crippen molar-refractivity contribution in [3.63, 3.8) is 0 Å². The van der Waals surface area contributed by atoms with Gasteiger partial charge in [0.15, 0.2) is 0 Å². The van der Waals surface area contributed by atoms with Gasteiger partial charge in [-0.1, -0.05) is 6.92 Å². The minimum Gasteiger partial charge on any atom is -0.353 e. The summed E-state index contributed by atoms with van der Waals surface area (Å²) in [6.07, 6.45) is 1.08. The van der Waals surface area contributed by atoms with Gasteiger partial charge in [0.2, 0.25) is 5.91 Å². The van der Waals surface area contributed by atoms with Crippen molar-refractivity contribution in [3.8, 4) is 0 Å². The van der Waals surface area contributed by atoms with Crippen LogP contribution in [0.2, 0.25) is 0 Å². The molecule has 1 saturated heterocycles. The number of nitrogens with two attached hydrogens (primary N) is 1. The molecule has 4 heteroatoms. The van der Waals surface area contributed by atoms with Crippen LogP contribution in [0, 0.1) is 5.92 Å². The van der Waals surface area contributed by atoms with Crippen molar-refractivity contribution in [1.82, 2.24) is 10.6 Å². The van der Waals surface area contributed by atoms with Crippen LogP contribution in [0.15, 0.2) is 0 Å². The van der Waals surface area contributed by atoms with Crippen molar-refractivity contribution >= 4 is 5.91 Å². The average Bonchev–Trinajstić information content (AvgIpc) is 2.47.